The predicted octanol–water partition coefficient (Wildman–Crippen LogP) is 0.218. The maximum atomic E-state index is 11.5. The highest BCUT2D eigenvalue weighted by atomic mass is 16.3. The Bertz CT molecular complexity index is 453. The quantitative estimate of drug-likeness (QED) is 0.749. The van der Waals surface area contributed by atoms with Crippen LogP contribution in [-0.4, -0.2) is 34.3 Å². The Kier molecular flexibility index (Phi) is 2.21. The van der Waals surface area contributed by atoms with Crippen molar-refractivity contribution in [2.75, 3.05) is 18.0 Å². The zero-order chi connectivity index (χ0) is 11.1. The number of hydrogen-bond acceptors (Lipinski definition) is 4. The van der Waals surface area contributed by atoms with E-state index in [1.165, 1.54) is 6.07 Å². The molecule has 86 valence electrons. The number of rotatable bonds is 2. The van der Waals surface area contributed by atoms with Gasteiger partial charge in [0.05, 0.1) is 6.10 Å². The van der Waals surface area contributed by atoms with Gasteiger partial charge in [0, 0.05) is 25.1 Å². The van der Waals surface area contributed by atoms with E-state index in [4.69, 9.17) is 0 Å². The molecule has 1 aromatic rings. The molecule has 0 unspecified atom stereocenters. The second-order valence-corrected chi connectivity index (χ2v) is 4.65. The largest absolute Gasteiger partial charge is 0.391 e. The number of β-amino-alcohol motifs (C(OH)–C–C–N with tert-alkyl or cyclic N) is 1. The Balaban J connectivity index is 1.91. The first-order valence-corrected chi connectivity index (χ1v) is 5.76. The zero-order valence-corrected chi connectivity index (χ0v) is 9.02. The summed E-state index contributed by atoms with van der Waals surface area (Å²) in [5.74, 6) is 1.96. The molecule has 1 aromatic heterocycles. The number of hydrogen-bond donors (Lipinski definition) is 2. The van der Waals surface area contributed by atoms with Gasteiger partial charge in [0.1, 0.15) is 11.6 Å². The van der Waals surface area contributed by atoms with Crippen LogP contribution in [0.15, 0.2) is 10.9 Å². The Hall–Kier alpha value is -1.36. The molecule has 1 saturated heterocycles. The van der Waals surface area contributed by atoms with Crippen LogP contribution >= 0.6 is 0 Å². The molecule has 0 aromatic carbocycles. The maximum absolute atomic E-state index is 11.5. The zero-order valence-electron chi connectivity index (χ0n) is 9.02. The molecule has 5 nitrogen and oxygen atoms in total. The van der Waals surface area contributed by atoms with Crippen molar-refractivity contribution in [1.82, 2.24) is 9.97 Å². The van der Waals surface area contributed by atoms with E-state index in [1.54, 1.807) is 0 Å². The van der Waals surface area contributed by atoms with Gasteiger partial charge < -0.3 is 15.0 Å². The van der Waals surface area contributed by atoms with Crippen molar-refractivity contribution in [3.8, 4) is 0 Å². The van der Waals surface area contributed by atoms with Gasteiger partial charge in [-0.25, -0.2) is 4.98 Å². The number of aromatic amines is 1. The van der Waals surface area contributed by atoms with Gasteiger partial charge in [-0.2, -0.15) is 0 Å². The first kappa shape index (κ1) is 9.84. The number of anilines is 1. The van der Waals surface area contributed by atoms with Crippen LogP contribution in [0.2, 0.25) is 0 Å². The highest BCUT2D eigenvalue weighted by Crippen LogP contribution is 2.38. The van der Waals surface area contributed by atoms with E-state index in [2.05, 4.69) is 9.97 Å². The van der Waals surface area contributed by atoms with Crippen molar-refractivity contribution in [2.45, 2.75) is 31.3 Å². The van der Waals surface area contributed by atoms with E-state index >= 15 is 0 Å². The van der Waals surface area contributed by atoms with Gasteiger partial charge in [-0.15, -0.1) is 0 Å². The van der Waals surface area contributed by atoms with E-state index < -0.39 is 0 Å². The third kappa shape index (κ3) is 1.82. The summed E-state index contributed by atoms with van der Waals surface area (Å²) in [6.45, 7) is 1.36. The standard InChI is InChI=1S/C11H15N3O2/c15-8-3-4-14(6-8)9-5-10(16)13-11(12-9)7-1-2-7/h5,7-8,15H,1-4,6H2,(H,12,13,16)/t8-/m1/s1. The van der Waals surface area contributed by atoms with Crippen molar-refractivity contribution < 1.29 is 5.11 Å². The smallest absolute Gasteiger partial charge is 0.252 e. The molecule has 0 bridgehead atoms. The topological polar surface area (TPSA) is 69.2 Å². The third-order valence-corrected chi connectivity index (χ3v) is 3.20. The number of nitrogens with one attached hydrogen (secondary N) is 1. The monoisotopic (exact) mass is 221 g/mol. The van der Waals surface area contributed by atoms with Crippen molar-refractivity contribution in [1.29, 1.82) is 0 Å². The van der Waals surface area contributed by atoms with Gasteiger partial charge in [0.2, 0.25) is 0 Å². The highest BCUT2D eigenvalue weighted by Gasteiger charge is 2.28. The summed E-state index contributed by atoms with van der Waals surface area (Å²) in [6, 6.07) is 1.52. The molecule has 2 N–H and O–H groups in total. The average molecular weight is 221 g/mol. The van der Waals surface area contributed by atoms with Crippen LogP contribution in [0.4, 0.5) is 5.82 Å². The number of aliphatic hydroxyl groups excluding tert-OH is 1. The van der Waals surface area contributed by atoms with Crippen LogP contribution < -0.4 is 10.5 Å². The number of aromatic nitrogens is 2. The summed E-state index contributed by atoms with van der Waals surface area (Å²) in [4.78, 5) is 20.7. The van der Waals surface area contributed by atoms with Crippen molar-refractivity contribution in [3.05, 3.63) is 22.2 Å². The number of H-pyrrole nitrogens is 1. The van der Waals surface area contributed by atoms with Gasteiger partial charge in [-0.3, -0.25) is 4.79 Å². The predicted molar refractivity (Wildman–Crippen MR) is 59.7 cm³/mol. The van der Waals surface area contributed by atoms with Crippen molar-refractivity contribution in [2.24, 2.45) is 0 Å². The summed E-state index contributed by atoms with van der Waals surface area (Å²) < 4.78 is 0. The first-order valence-electron chi connectivity index (χ1n) is 5.76. The Labute approximate surface area is 93.1 Å². The fourth-order valence-electron chi connectivity index (χ4n) is 2.13. The van der Waals surface area contributed by atoms with Gasteiger partial charge >= 0.3 is 0 Å². The molecule has 16 heavy (non-hydrogen) atoms. The minimum atomic E-state index is -0.287. The molecule has 1 aliphatic heterocycles. The molecule has 1 atom stereocenters. The Morgan fingerprint density at radius 1 is 1.44 bits per heavy atom. The number of nitrogens with zero attached hydrogens (tertiary/aromatic N) is 2. The fraction of sp³-hybridized carbons (Fsp3) is 0.636. The van der Waals surface area contributed by atoms with E-state index in [1.807, 2.05) is 4.90 Å². The van der Waals surface area contributed by atoms with Crippen LogP contribution in [-0.2, 0) is 0 Å². The van der Waals surface area contributed by atoms with Gasteiger partial charge in [-0.1, -0.05) is 0 Å². The average Bonchev–Trinajstić information content (AvgIpc) is 3.01. The maximum Gasteiger partial charge on any atom is 0.252 e. The van der Waals surface area contributed by atoms with E-state index in [0.717, 1.165) is 31.6 Å². The van der Waals surface area contributed by atoms with Gasteiger partial charge in [-0.05, 0) is 19.3 Å². The van der Waals surface area contributed by atoms with Crippen LogP contribution in [0.1, 0.15) is 31.0 Å². The molecular weight excluding hydrogens is 206 g/mol. The molecule has 0 spiro atoms. The van der Waals surface area contributed by atoms with Crippen LogP contribution in [0.25, 0.3) is 0 Å². The molecule has 1 saturated carbocycles. The normalized spacial score (nSPS) is 25.1. The molecule has 1 aliphatic carbocycles. The highest BCUT2D eigenvalue weighted by molar-refractivity contribution is 5.39. The third-order valence-electron chi connectivity index (χ3n) is 3.20. The summed E-state index contributed by atoms with van der Waals surface area (Å²) in [5, 5.41) is 9.47. The van der Waals surface area contributed by atoms with E-state index in [-0.39, 0.29) is 11.7 Å². The second-order valence-electron chi connectivity index (χ2n) is 4.65. The minimum Gasteiger partial charge on any atom is -0.391 e. The lowest BCUT2D eigenvalue weighted by Crippen LogP contribution is -2.25. The van der Waals surface area contributed by atoms with Crippen LogP contribution in [0, 0.1) is 0 Å². The van der Waals surface area contributed by atoms with Crippen LogP contribution in [0.5, 0.6) is 0 Å². The van der Waals surface area contributed by atoms with Crippen LogP contribution in [0.3, 0.4) is 0 Å². The molecule has 2 fully saturated rings. The van der Waals surface area contributed by atoms with Gasteiger partial charge in [0.15, 0.2) is 0 Å². The second kappa shape index (κ2) is 3.59. The molecule has 5 heteroatoms. The van der Waals surface area contributed by atoms with Crippen molar-refractivity contribution in [3.63, 3.8) is 0 Å². The molecular formula is C11H15N3O2. The molecule has 2 heterocycles. The molecule has 0 radical (unpaired) electrons. The first-order chi connectivity index (χ1) is 7.72. The minimum absolute atomic E-state index is 0.0895. The lowest BCUT2D eigenvalue weighted by molar-refractivity contribution is 0.198. The summed E-state index contributed by atoms with van der Waals surface area (Å²) >= 11 is 0. The summed E-state index contributed by atoms with van der Waals surface area (Å²) in [6.07, 6.45) is 2.71. The Morgan fingerprint density at radius 3 is 2.88 bits per heavy atom. The van der Waals surface area contributed by atoms with Gasteiger partial charge in [0.25, 0.3) is 5.56 Å². The summed E-state index contributed by atoms with van der Waals surface area (Å²) in [7, 11) is 0. The fourth-order valence-corrected chi connectivity index (χ4v) is 2.13. The Morgan fingerprint density at radius 2 is 2.25 bits per heavy atom. The summed E-state index contributed by atoms with van der Waals surface area (Å²) in [5.41, 5.74) is -0.0895. The molecule has 2 aliphatic rings. The van der Waals surface area contributed by atoms with E-state index in [9.17, 15) is 9.90 Å². The molecule has 0 amide bonds. The van der Waals surface area contributed by atoms with Crippen molar-refractivity contribution >= 4 is 5.82 Å². The molecule has 3 rings (SSSR count). The van der Waals surface area contributed by atoms with E-state index in [0.29, 0.717) is 18.3 Å². The SMILES string of the molecule is O=c1cc(N2CC[C@@H](O)C2)nc(C2CC2)[nH]1. The lowest BCUT2D eigenvalue weighted by Gasteiger charge is -2.16. The number of aliphatic hydroxyl groups is 1. The lowest BCUT2D eigenvalue weighted by atomic mass is 10.3.